The maximum absolute atomic E-state index is 9.86. The summed E-state index contributed by atoms with van der Waals surface area (Å²) in [6.07, 6.45) is -0.514. The molecule has 0 saturated heterocycles. The lowest BCUT2D eigenvalue weighted by Crippen LogP contribution is -2.31. The van der Waals surface area contributed by atoms with Crippen LogP contribution in [0.3, 0.4) is 0 Å². The molecule has 2 rings (SSSR count). The van der Waals surface area contributed by atoms with Gasteiger partial charge in [0.25, 0.3) is 0 Å². The van der Waals surface area contributed by atoms with Gasteiger partial charge in [0, 0.05) is 13.1 Å². The number of hydrogen-bond acceptors (Lipinski definition) is 3. The van der Waals surface area contributed by atoms with E-state index in [1.54, 1.807) is 0 Å². The molecule has 3 nitrogen and oxygen atoms in total. The monoisotopic (exact) mass is 271 g/mol. The zero-order valence-electron chi connectivity index (χ0n) is 11.8. The summed E-state index contributed by atoms with van der Waals surface area (Å²) in [5.74, 6) is 0.783. The van der Waals surface area contributed by atoms with Crippen LogP contribution in [-0.4, -0.2) is 24.4 Å². The van der Waals surface area contributed by atoms with Crippen molar-refractivity contribution in [2.75, 3.05) is 13.2 Å². The summed E-state index contributed by atoms with van der Waals surface area (Å²) in [6.45, 7) is 3.64. The molecule has 0 bridgehead atoms. The fourth-order valence-electron chi connectivity index (χ4n) is 1.97. The molecular formula is C17H21NO2. The van der Waals surface area contributed by atoms with Gasteiger partial charge in [-0.05, 0) is 24.6 Å². The average Bonchev–Trinajstić information content (AvgIpc) is 2.46. The van der Waals surface area contributed by atoms with Crippen molar-refractivity contribution in [3.8, 4) is 5.75 Å². The van der Waals surface area contributed by atoms with Gasteiger partial charge in [0.05, 0.1) is 0 Å². The molecule has 106 valence electrons. The highest BCUT2D eigenvalue weighted by molar-refractivity contribution is 5.22. The minimum atomic E-state index is -0.514. The predicted molar refractivity (Wildman–Crippen MR) is 80.8 cm³/mol. The van der Waals surface area contributed by atoms with E-state index in [2.05, 4.69) is 30.4 Å². The topological polar surface area (TPSA) is 41.5 Å². The summed E-state index contributed by atoms with van der Waals surface area (Å²) in [5.41, 5.74) is 2.47. The van der Waals surface area contributed by atoms with Gasteiger partial charge in [0.15, 0.2) is 0 Å². The molecule has 0 aliphatic rings. The number of rotatable bonds is 7. The maximum atomic E-state index is 9.86. The highest BCUT2D eigenvalue weighted by Gasteiger charge is 2.04. The molecule has 1 unspecified atom stereocenters. The lowest BCUT2D eigenvalue weighted by Gasteiger charge is -2.13. The Bertz CT molecular complexity index is 513. The van der Waals surface area contributed by atoms with Crippen LogP contribution in [0.2, 0.25) is 0 Å². The second kappa shape index (κ2) is 7.68. The first-order chi connectivity index (χ1) is 9.74. The lowest BCUT2D eigenvalue weighted by molar-refractivity contribution is 0.106. The highest BCUT2D eigenvalue weighted by atomic mass is 16.5. The number of ether oxygens (including phenoxy) is 1. The van der Waals surface area contributed by atoms with Crippen molar-refractivity contribution in [1.82, 2.24) is 5.32 Å². The molecule has 2 aromatic carbocycles. The normalized spacial score (nSPS) is 12.1. The minimum Gasteiger partial charge on any atom is -0.491 e. The third-order valence-electron chi connectivity index (χ3n) is 2.98. The number of aliphatic hydroxyl groups excluding tert-OH is 1. The van der Waals surface area contributed by atoms with E-state index in [4.69, 9.17) is 4.74 Å². The Kier molecular flexibility index (Phi) is 5.59. The molecule has 2 N–H and O–H groups in total. The van der Waals surface area contributed by atoms with Crippen molar-refractivity contribution in [2.24, 2.45) is 0 Å². The number of hydrogen-bond donors (Lipinski definition) is 2. The van der Waals surface area contributed by atoms with Crippen molar-refractivity contribution < 1.29 is 9.84 Å². The Morgan fingerprint density at radius 2 is 1.90 bits per heavy atom. The van der Waals surface area contributed by atoms with Crippen LogP contribution in [0.15, 0.2) is 54.6 Å². The first-order valence-electron chi connectivity index (χ1n) is 6.86. The molecule has 0 aliphatic heterocycles. The zero-order valence-corrected chi connectivity index (χ0v) is 11.8. The summed E-state index contributed by atoms with van der Waals surface area (Å²) < 4.78 is 5.50. The van der Waals surface area contributed by atoms with E-state index >= 15 is 0 Å². The quantitative estimate of drug-likeness (QED) is 0.813. The predicted octanol–water partition coefficient (Wildman–Crippen LogP) is 2.52. The molecule has 0 amide bonds. The van der Waals surface area contributed by atoms with Gasteiger partial charge in [-0.25, -0.2) is 0 Å². The average molecular weight is 271 g/mol. The van der Waals surface area contributed by atoms with E-state index in [1.165, 1.54) is 11.1 Å². The molecule has 0 fully saturated rings. The van der Waals surface area contributed by atoms with Gasteiger partial charge in [-0.2, -0.15) is 0 Å². The summed E-state index contributed by atoms with van der Waals surface area (Å²) in [4.78, 5) is 0. The number of benzene rings is 2. The van der Waals surface area contributed by atoms with E-state index in [0.717, 1.165) is 12.3 Å². The van der Waals surface area contributed by atoms with Gasteiger partial charge >= 0.3 is 0 Å². The standard InChI is InChI=1S/C17H21NO2/c1-14-6-5-7-15(10-14)11-18-12-16(19)13-20-17-8-3-2-4-9-17/h2-10,16,18-19H,11-13H2,1H3. The highest BCUT2D eigenvalue weighted by Crippen LogP contribution is 2.08. The van der Waals surface area contributed by atoms with Gasteiger partial charge in [0.2, 0.25) is 0 Å². The van der Waals surface area contributed by atoms with E-state index in [-0.39, 0.29) is 0 Å². The summed E-state index contributed by atoms with van der Waals surface area (Å²) in [5, 5.41) is 13.1. The molecule has 0 aliphatic carbocycles. The van der Waals surface area contributed by atoms with Gasteiger partial charge in [-0.15, -0.1) is 0 Å². The molecule has 3 heteroatoms. The third-order valence-corrected chi connectivity index (χ3v) is 2.98. The Balaban J connectivity index is 1.66. The summed E-state index contributed by atoms with van der Waals surface area (Å²) in [7, 11) is 0. The molecule has 1 atom stereocenters. The second-order valence-corrected chi connectivity index (χ2v) is 4.90. The number of para-hydroxylation sites is 1. The van der Waals surface area contributed by atoms with E-state index in [9.17, 15) is 5.11 Å². The SMILES string of the molecule is Cc1cccc(CNCC(O)COc2ccccc2)c1. The molecule has 0 saturated carbocycles. The van der Waals surface area contributed by atoms with Gasteiger partial charge in [0.1, 0.15) is 18.5 Å². The van der Waals surface area contributed by atoms with Crippen molar-refractivity contribution >= 4 is 0 Å². The fraction of sp³-hybridized carbons (Fsp3) is 0.294. The van der Waals surface area contributed by atoms with Crippen LogP contribution >= 0.6 is 0 Å². The smallest absolute Gasteiger partial charge is 0.119 e. The van der Waals surface area contributed by atoms with E-state index < -0.39 is 6.10 Å². The van der Waals surface area contributed by atoms with Crippen LogP contribution in [0.5, 0.6) is 5.75 Å². The van der Waals surface area contributed by atoms with Crippen molar-refractivity contribution in [1.29, 1.82) is 0 Å². The molecule has 2 aromatic rings. The summed E-state index contributed by atoms with van der Waals surface area (Å²) in [6, 6.07) is 17.9. The maximum Gasteiger partial charge on any atom is 0.119 e. The van der Waals surface area contributed by atoms with Crippen LogP contribution in [0, 0.1) is 6.92 Å². The Hall–Kier alpha value is -1.84. The van der Waals surface area contributed by atoms with Gasteiger partial charge in [-0.3, -0.25) is 0 Å². The Labute approximate surface area is 120 Å². The Morgan fingerprint density at radius 3 is 2.65 bits per heavy atom. The molecular weight excluding hydrogens is 250 g/mol. The van der Waals surface area contributed by atoms with E-state index in [1.807, 2.05) is 36.4 Å². The first kappa shape index (κ1) is 14.6. The third kappa shape index (κ3) is 5.03. The van der Waals surface area contributed by atoms with Crippen LogP contribution in [0.4, 0.5) is 0 Å². The van der Waals surface area contributed by atoms with Gasteiger partial charge < -0.3 is 15.2 Å². The minimum absolute atomic E-state index is 0.296. The lowest BCUT2D eigenvalue weighted by atomic mass is 10.1. The molecule has 20 heavy (non-hydrogen) atoms. The number of nitrogens with one attached hydrogen (secondary N) is 1. The molecule has 0 heterocycles. The second-order valence-electron chi connectivity index (χ2n) is 4.90. The van der Waals surface area contributed by atoms with Crippen molar-refractivity contribution in [2.45, 2.75) is 19.6 Å². The molecule has 0 aromatic heterocycles. The van der Waals surface area contributed by atoms with E-state index in [0.29, 0.717) is 13.2 Å². The number of aryl methyl sites for hydroxylation is 1. The van der Waals surface area contributed by atoms with Crippen LogP contribution < -0.4 is 10.1 Å². The first-order valence-corrected chi connectivity index (χ1v) is 6.86. The van der Waals surface area contributed by atoms with Crippen LogP contribution in [-0.2, 0) is 6.54 Å². The van der Waals surface area contributed by atoms with Crippen molar-refractivity contribution in [3.63, 3.8) is 0 Å². The molecule has 0 spiro atoms. The van der Waals surface area contributed by atoms with Crippen LogP contribution in [0.25, 0.3) is 0 Å². The van der Waals surface area contributed by atoms with Gasteiger partial charge in [-0.1, -0.05) is 48.0 Å². The Morgan fingerprint density at radius 1 is 1.10 bits per heavy atom. The van der Waals surface area contributed by atoms with Crippen molar-refractivity contribution in [3.05, 3.63) is 65.7 Å². The summed E-state index contributed by atoms with van der Waals surface area (Å²) >= 11 is 0. The largest absolute Gasteiger partial charge is 0.491 e. The molecule has 0 radical (unpaired) electrons. The fourth-order valence-corrected chi connectivity index (χ4v) is 1.97. The zero-order chi connectivity index (χ0) is 14.2. The number of aliphatic hydroxyl groups is 1. The van der Waals surface area contributed by atoms with Crippen LogP contribution in [0.1, 0.15) is 11.1 Å².